The third-order valence-electron chi connectivity index (χ3n) is 12.7. The van der Waals surface area contributed by atoms with Crippen LogP contribution in [0, 0.1) is 31.9 Å². The van der Waals surface area contributed by atoms with Crippen LogP contribution < -0.4 is 4.40 Å². The fourth-order valence-electron chi connectivity index (χ4n) is 9.71. The van der Waals surface area contributed by atoms with E-state index in [4.69, 9.17) is 19.4 Å². The van der Waals surface area contributed by atoms with E-state index < -0.39 is 13.3 Å². The summed E-state index contributed by atoms with van der Waals surface area (Å²) >= 11 is -1.86. The van der Waals surface area contributed by atoms with Gasteiger partial charge in [0, 0.05) is 36.7 Å². The number of rotatable bonds is 9. The second-order valence-corrected chi connectivity index (χ2v) is 30.5. The monoisotopic (exact) mass is 1120 g/mol. The van der Waals surface area contributed by atoms with Gasteiger partial charge >= 0.3 is 126 Å². The van der Waals surface area contributed by atoms with Gasteiger partial charge < -0.3 is 8.98 Å². The maximum atomic E-state index is 6.70. The minimum absolute atomic E-state index is 0. The van der Waals surface area contributed by atoms with Crippen molar-refractivity contribution in [2.24, 2.45) is 5.92 Å². The predicted octanol–water partition coefficient (Wildman–Crippen LogP) is 15.8. The average Bonchev–Trinajstić information content (AvgIpc) is 3.86. The molecule has 5 nitrogen and oxygen atoms in total. The molecule has 0 fully saturated rings. The van der Waals surface area contributed by atoms with E-state index in [0.717, 1.165) is 67.7 Å². The van der Waals surface area contributed by atoms with Gasteiger partial charge in [0.1, 0.15) is 0 Å². The number of pyridine rings is 2. The molecule has 10 rings (SSSR count). The number of aromatic nitrogens is 4. The van der Waals surface area contributed by atoms with Gasteiger partial charge in [0.25, 0.3) is 0 Å². The van der Waals surface area contributed by atoms with Crippen LogP contribution in [0.15, 0.2) is 138 Å². The molecule has 0 N–H and O–H groups in total. The van der Waals surface area contributed by atoms with E-state index in [0.29, 0.717) is 17.5 Å². The number of imidazole rings is 1. The van der Waals surface area contributed by atoms with E-state index in [9.17, 15) is 0 Å². The number of nitrogens with zero attached hydrogens (tertiary/aromatic N) is 4. The van der Waals surface area contributed by atoms with Gasteiger partial charge in [-0.2, -0.15) is 0 Å². The summed E-state index contributed by atoms with van der Waals surface area (Å²) < 4.78 is 10.6. The van der Waals surface area contributed by atoms with Crippen LogP contribution in [0.2, 0.25) is 17.3 Å². The number of furan rings is 1. The summed E-state index contributed by atoms with van der Waals surface area (Å²) in [6, 6.07) is 51.4. The smallest absolute Gasteiger partial charge is 0.216 e. The summed E-state index contributed by atoms with van der Waals surface area (Å²) in [5, 5.41) is 4.53. The molecule has 0 unspecified atom stereocenters. The first-order chi connectivity index (χ1) is 31.7. The number of aryl methyl sites for hydroxylation is 2. The predicted molar refractivity (Wildman–Crippen MR) is 281 cm³/mol. The van der Waals surface area contributed by atoms with Gasteiger partial charge in [-0.3, -0.25) is 4.98 Å². The summed E-state index contributed by atoms with van der Waals surface area (Å²) in [5.74, 6) is 9.39. The van der Waals surface area contributed by atoms with Crippen molar-refractivity contribution in [3.8, 4) is 39.6 Å². The molecule has 67 heavy (non-hydrogen) atoms. The van der Waals surface area contributed by atoms with Crippen LogP contribution in [0.4, 0.5) is 0 Å². The zero-order valence-corrected chi connectivity index (χ0v) is 45.2. The van der Waals surface area contributed by atoms with Gasteiger partial charge in [-0.25, -0.2) is 4.98 Å². The number of para-hydroxylation sites is 2. The Bertz CT molecular complexity index is 3370. The van der Waals surface area contributed by atoms with Crippen molar-refractivity contribution in [1.82, 2.24) is 19.5 Å². The second-order valence-electron chi connectivity index (χ2n) is 19.9. The van der Waals surface area contributed by atoms with Crippen LogP contribution in [-0.4, -0.2) is 32.8 Å². The Morgan fingerprint density at radius 1 is 0.672 bits per heavy atom. The van der Waals surface area contributed by atoms with Crippen LogP contribution >= 0.6 is 0 Å². The molecular weight excluding hydrogens is 1060 g/mol. The van der Waals surface area contributed by atoms with Crippen molar-refractivity contribution < 1.29 is 24.5 Å². The second kappa shape index (κ2) is 19.5. The maximum absolute atomic E-state index is 6.70. The first-order valence-electron chi connectivity index (χ1n) is 23.5. The zero-order valence-electron chi connectivity index (χ0n) is 40.7. The summed E-state index contributed by atoms with van der Waals surface area (Å²) in [4.78, 5) is 15.1. The van der Waals surface area contributed by atoms with Crippen molar-refractivity contribution in [2.75, 3.05) is 0 Å². The Morgan fingerprint density at radius 3 is 2.10 bits per heavy atom. The summed E-state index contributed by atoms with van der Waals surface area (Å²) in [5.41, 5.74) is 16.1. The summed E-state index contributed by atoms with van der Waals surface area (Å²) in [7, 11) is 0. The van der Waals surface area contributed by atoms with E-state index in [1.54, 1.807) is 4.40 Å². The molecule has 341 valence electrons. The van der Waals surface area contributed by atoms with Crippen molar-refractivity contribution in [2.45, 2.75) is 90.9 Å². The van der Waals surface area contributed by atoms with Crippen LogP contribution in [0.1, 0.15) is 81.2 Å². The molecule has 10 aromatic rings. The molecule has 0 amide bonds. The minimum Gasteiger partial charge on any atom is -0.486 e. The number of fused-ring (bicyclic) bond motifs is 5. The normalized spacial score (nSPS) is 11.9. The van der Waals surface area contributed by atoms with Crippen LogP contribution in [0.25, 0.3) is 83.5 Å². The van der Waals surface area contributed by atoms with E-state index in [1.807, 2.05) is 24.3 Å². The number of benzene rings is 6. The summed E-state index contributed by atoms with van der Waals surface area (Å²) in [6.07, 6.45) is 3.27. The molecule has 0 saturated heterocycles. The molecule has 0 saturated carbocycles. The minimum atomic E-state index is -1.86. The molecule has 1 radical (unpaired) electrons. The van der Waals surface area contributed by atoms with Crippen molar-refractivity contribution >= 4 is 61.5 Å². The third-order valence-corrected chi connectivity index (χ3v) is 17.1. The first kappa shape index (κ1) is 47.8. The van der Waals surface area contributed by atoms with E-state index in [1.165, 1.54) is 44.3 Å². The number of hydrogen-bond acceptors (Lipinski definition) is 4. The van der Waals surface area contributed by atoms with Gasteiger partial charge in [0.2, 0.25) is 5.71 Å². The van der Waals surface area contributed by atoms with Crippen molar-refractivity contribution in [1.29, 1.82) is 0 Å². The Kier molecular flexibility index (Phi) is 13.9. The van der Waals surface area contributed by atoms with Crippen LogP contribution in [-0.2, 0) is 26.5 Å². The Hall–Kier alpha value is -5.66. The zero-order chi connectivity index (χ0) is 46.4. The van der Waals surface area contributed by atoms with Gasteiger partial charge in [-0.15, -0.1) is 18.2 Å². The van der Waals surface area contributed by atoms with Crippen LogP contribution in [0.5, 0.6) is 0 Å². The SMILES string of the molecule is CC(C)Cc1cc(-c2[c-]cccc2)nc[c]1[Ge]([CH3])([CH3])[CH3].Cc1cccc(C)c1-c1ccc2c(n1)oc1c(-c3nc4ccccc4n3-c3c(C(C)C)cc4ccccc4c3C(C)C)[c-]ccc12.[Ir]. The molecule has 0 aliphatic rings. The quantitative estimate of drug-likeness (QED) is 0.107. The molecular formula is C60H60GeIrN4O-2. The van der Waals surface area contributed by atoms with Crippen LogP contribution in [0.3, 0.4) is 0 Å². The summed E-state index contributed by atoms with van der Waals surface area (Å²) in [6.45, 7) is 18.0. The Labute approximate surface area is 412 Å². The fraction of sp³-hybridized carbons (Fsp3) is 0.250. The molecule has 0 atom stereocenters. The van der Waals surface area contributed by atoms with Crippen molar-refractivity contribution in [3.63, 3.8) is 0 Å². The molecule has 4 heterocycles. The van der Waals surface area contributed by atoms with E-state index >= 15 is 0 Å². The molecule has 0 spiro atoms. The Balaban J connectivity index is 0.000000244. The standard InChI is InChI=1S/C42H36N3O.C18H24GeN.Ir/c1-24(2)33-23-28-15-7-8-16-29(28)37(25(3)4)39(33)45-36-20-10-9-19-34(36)43-41(45)32-18-12-17-30-31-21-22-35(44-42(31)46-40(30)32)38-26(5)13-11-14-27(38)6;1-14(2)11-16-12-18(15-9-7-6-8-10-15)20-13-17(16)19(3,4)5;/h7-17,19-25H,1-6H3;6-9,12-14H,11H2,1-5H3;/q2*-1;. The molecule has 6 aromatic carbocycles. The largest absolute Gasteiger partial charge is 0.486 e. The average molecular weight is 1120 g/mol. The van der Waals surface area contributed by atoms with Gasteiger partial charge in [0.15, 0.2) is 0 Å². The van der Waals surface area contributed by atoms with E-state index in [2.05, 4.69) is 199 Å². The number of hydrogen-bond donors (Lipinski definition) is 0. The van der Waals surface area contributed by atoms with E-state index in [-0.39, 0.29) is 26.0 Å². The third kappa shape index (κ3) is 9.33. The maximum Gasteiger partial charge on any atom is 0.216 e. The topological polar surface area (TPSA) is 56.7 Å². The fourth-order valence-corrected chi connectivity index (χ4v) is 13.0. The van der Waals surface area contributed by atoms with Gasteiger partial charge in [-0.1, -0.05) is 93.2 Å². The Morgan fingerprint density at radius 2 is 1.40 bits per heavy atom. The molecule has 0 aliphatic carbocycles. The molecule has 4 aromatic heterocycles. The van der Waals surface area contributed by atoms with Gasteiger partial charge in [-0.05, 0) is 89.0 Å². The first-order valence-corrected chi connectivity index (χ1v) is 30.8. The van der Waals surface area contributed by atoms with Gasteiger partial charge in [0.05, 0.1) is 28.1 Å². The molecule has 0 bridgehead atoms. The van der Waals surface area contributed by atoms with Crippen molar-refractivity contribution in [3.05, 3.63) is 174 Å². The molecule has 7 heteroatoms. The molecule has 0 aliphatic heterocycles.